The largest absolute Gasteiger partial charge is 0.253 e. The topological polar surface area (TPSA) is 43.1 Å². The summed E-state index contributed by atoms with van der Waals surface area (Å²) in [5.74, 6) is 1.46. The first kappa shape index (κ1) is 13.7. The van der Waals surface area contributed by atoms with Crippen LogP contribution in [0.2, 0.25) is 0 Å². The van der Waals surface area contributed by atoms with Crippen molar-refractivity contribution in [3.05, 3.63) is 47.8 Å². The summed E-state index contributed by atoms with van der Waals surface area (Å²) in [5.41, 5.74) is 3.34. The molecule has 4 nitrogen and oxygen atoms in total. The quantitative estimate of drug-likeness (QED) is 0.715. The Kier molecular flexibility index (Phi) is 3.95. The van der Waals surface area contributed by atoms with Crippen molar-refractivity contribution in [2.24, 2.45) is 0 Å². The molecule has 0 spiro atoms. The summed E-state index contributed by atoms with van der Waals surface area (Å²) in [6, 6.07) is 12.2. The van der Waals surface area contributed by atoms with Gasteiger partial charge in [-0.25, -0.2) is 9.50 Å². The Morgan fingerprint density at radius 1 is 0.952 bits per heavy atom. The van der Waals surface area contributed by atoms with Crippen LogP contribution in [0, 0.1) is 0 Å². The number of nitrogens with zero attached hydrogens (tertiary/aromatic N) is 4. The second-order valence-corrected chi connectivity index (χ2v) is 5.25. The van der Waals surface area contributed by atoms with Crippen LogP contribution in [-0.4, -0.2) is 19.6 Å². The van der Waals surface area contributed by atoms with E-state index in [1.807, 2.05) is 34.8 Å². The number of rotatable bonds is 5. The van der Waals surface area contributed by atoms with Crippen LogP contribution in [0.1, 0.15) is 38.1 Å². The predicted molar refractivity (Wildman–Crippen MR) is 84.2 cm³/mol. The van der Waals surface area contributed by atoms with Crippen LogP contribution in [0.4, 0.5) is 0 Å². The molecular weight excluding hydrogens is 260 g/mol. The second-order valence-electron chi connectivity index (χ2n) is 5.25. The molecule has 2 aromatic heterocycles. The average molecular weight is 280 g/mol. The molecule has 0 unspecified atom stereocenters. The lowest BCUT2D eigenvalue weighted by Crippen LogP contribution is -2.03. The third-order valence-electron chi connectivity index (χ3n) is 3.48. The molecule has 0 radical (unpaired) electrons. The van der Waals surface area contributed by atoms with E-state index in [1.165, 1.54) is 5.69 Å². The smallest absolute Gasteiger partial charge is 0.216 e. The normalized spacial score (nSPS) is 11.1. The Labute approximate surface area is 124 Å². The van der Waals surface area contributed by atoms with Crippen LogP contribution in [-0.2, 0) is 12.8 Å². The third kappa shape index (κ3) is 2.79. The van der Waals surface area contributed by atoms with Gasteiger partial charge in [-0.15, -0.1) is 5.10 Å². The summed E-state index contributed by atoms with van der Waals surface area (Å²) in [7, 11) is 0. The maximum absolute atomic E-state index is 4.65. The van der Waals surface area contributed by atoms with E-state index in [9.17, 15) is 0 Å². The zero-order valence-corrected chi connectivity index (χ0v) is 12.6. The molecule has 0 aliphatic rings. The lowest BCUT2D eigenvalue weighted by Gasteiger charge is -2.05. The van der Waals surface area contributed by atoms with Crippen LogP contribution >= 0.6 is 0 Å². The van der Waals surface area contributed by atoms with Gasteiger partial charge in [-0.1, -0.05) is 57.0 Å². The molecule has 0 aliphatic carbocycles. The van der Waals surface area contributed by atoms with Crippen molar-refractivity contribution in [1.82, 2.24) is 19.6 Å². The first-order chi connectivity index (χ1) is 10.3. The van der Waals surface area contributed by atoms with Gasteiger partial charge >= 0.3 is 0 Å². The summed E-state index contributed by atoms with van der Waals surface area (Å²) in [5, 5.41) is 4.65. The Balaban J connectivity index is 2.12. The zero-order valence-electron chi connectivity index (χ0n) is 12.6. The lowest BCUT2D eigenvalue weighted by atomic mass is 10.2. The van der Waals surface area contributed by atoms with Gasteiger partial charge in [-0.3, -0.25) is 0 Å². The van der Waals surface area contributed by atoms with Gasteiger partial charge in [0, 0.05) is 17.0 Å². The fourth-order valence-electron chi connectivity index (χ4n) is 2.51. The van der Waals surface area contributed by atoms with Crippen LogP contribution in [0.15, 0.2) is 36.4 Å². The van der Waals surface area contributed by atoms with E-state index in [2.05, 4.69) is 35.0 Å². The Hall–Kier alpha value is -2.23. The van der Waals surface area contributed by atoms with Crippen molar-refractivity contribution in [3.63, 3.8) is 0 Å². The van der Waals surface area contributed by atoms with Gasteiger partial charge in [0.05, 0.1) is 0 Å². The van der Waals surface area contributed by atoms with E-state index in [1.54, 1.807) is 0 Å². The van der Waals surface area contributed by atoms with Gasteiger partial charge in [0.25, 0.3) is 5.78 Å². The Morgan fingerprint density at radius 3 is 2.43 bits per heavy atom. The van der Waals surface area contributed by atoms with Gasteiger partial charge in [0.2, 0.25) is 0 Å². The second kappa shape index (κ2) is 6.04. The summed E-state index contributed by atoms with van der Waals surface area (Å²) in [4.78, 5) is 9.25. The van der Waals surface area contributed by atoms with Gasteiger partial charge in [0.1, 0.15) is 0 Å². The van der Waals surface area contributed by atoms with Crippen molar-refractivity contribution >= 4 is 5.78 Å². The summed E-state index contributed by atoms with van der Waals surface area (Å²) < 4.78 is 1.89. The van der Waals surface area contributed by atoms with Gasteiger partial charge < -0.3 is 0 Å². The van der Waals surface area contributed by atoms with E-state index in [0.717, 1.165) is 42.8 Å². The van der Waals surface area contributed by atoms with Crippen molar-refractivity contribution < 1.29 is 0 Å². The first-order valence-electron chi connectivity index (χ1n) is 7.62. The molecule has 0 amide bonds. The van der Waals surface area contributed by atoms with Crippen LogP contribution < -0.4 is 0 Å². The lowest BCUT2D eigenvalue weighted by molar-refractivity contribution is 0.777. The molecular formula is C17H20N4. The molecule has 108 valence electrons. The molecule has 4 heteroatoms. The number of hydrogen-bond donors (Lipinski definition) is 0. The molecule has 0 aliphatic heterocycles. The maximum atomic E-state index is 4.65. The molecule has 0 saturated carbocycles. The molecule has 0 N–H and O–H groups in total. The molecule has 1 aromatic carbocycles. The van der Waals surface area contributed by atoms with E-state index in [-0.39, 0.29) is 0 Å². The summed E-state index contributed by atoms with van der Waals surface area (Å²) in [6.45, 7) is 4.35. The molecule has 0 saturated heterocycles. The number of aryl methyl sites for hydroxylation is 2. The Morgan fingerprint density at radius 2 is 1.71 bits per heavy atom. The highest BCUT2D eigenvalue weighted by Gasteiger charge is 2.11. The average Bonchev–Trinajstić information content (AvgIpc) is 2.93. The summed E-state index contributed by atoms with van der Waals surface area (Å²) in [6.07, 6.45) is 4.16. The van der Waals surface area contributed by atoms with Crippen LogP contribution in [0.25, 0.3) is 17.2 Å². The van der Waals surface area contributed by atoms with E-state index >= 15 is 0 Å². The van der Waals surface area contributed by atoms with Gasteiger partial charge in [-0.2, -0.15) is 4.98 Å². The minimum atomic E-state index is 0.711. The molecule has 3 aromatic rings. The van der Waals surface area contributed by atoms with Crippen molar-refractivity contribution in [1.29, 1.82) is 0 Å². The SMILES string of the molecule is CCCc1cc(CCC)n2nc(-c3ccccc3)nc2n1. The van der Waals surface area contributed by atoms with E-state index in [4.69, 9.17) is 0 Å². The minimum Gasteiger partial charge on any atom is -0.216 e. The zero-order chi connectivity index (χ0) is 14.7. The fourth-order valence-corrected chi connectivity index (χ4v) is 2.51. The van der Waals surface area contributed by atoms with Gasteiger partial charge in [-0.05, 0) is 18.9 Å². The maximum Gasteiger partial charge on any atom is 0.253 e. The van der Waals surface area contributed by atoms with E-state index < -0.39 is 0 Å². The molecule has 0 bridgehead atoms. The number of aromatic nitrogens is 4. The molecule has 0 fully saturated rings. The van der Waals surface area contributed by atoms with Gasteiger partial charge in [0.15, 0.2) is 5.82 Å². The highest BCUT2D eigenvalue weighted by molar-refractivity contribution is 5.56. The Bertz CT molecular complexity index is 731. The third-order valence-corrected chi connectivity index (χ3v) is 3.48. The van der Waals surface area contributed by atoms with Crippen LogP contribution in [0.5, 0.6) is 0 Å². The molecule has 3 rings (SSSR count). The molecule has 21 heavy (non-hydrogen) atoms. The monoisotopic (exact) mass is 280 g/mol. The molecule has 0 atom stereocenters. The fraction of sp³-hybridized carbons (Fsp3) is 0.353. The standard InChI is InChI=1S/C17H20N4/c1-3-8-14-12-15(9-4-2)21-17(18-14)19-16(20-21)13-10-6-5-7-11-13/h5-7,10-12H,3-4,8-9H2,1-2H3. The van der Waals surface area contributed by atoms with Crippen LogP contribution in [0.3, 0.4) is 0 Å². The number of fused-ring (bicyclic) bond motifs is 1. The number of benzene rings is 1. The first-order valence-corrected chi connectivity index (χ1v) is 7.62. The van der Waals surface area contributed by atoms with Crippen molar-refractivity contribution in [2.45, 2.75) is 39.5 Å². The van der Waals surface area contributed by atoms with Crippen molar-refractivity contribution in [2.75, 3.05) is 0 Å². The van der Waals surface area contributed by atoms with E-state index in [0.29, 0.717) is 5.78 Å². The highest BCUT2D eigenvalue weighted by atomic mass is 15.3. The number of hydrogen-bond acceptors (Lipinski definition) is 3. The summed E-state index contributed by atoms with van der Waals surface area (Å²) >= 11 is 0. The molecule has 2 heterocycles. The minimum absolute atomic E-state index is 0.711. The predicted octanol–water partition coefficient (Wildman–Crippen LogP) is 3.70. The van der Waals surface area contributed by atoms with Crippen molar-refractivity contribution in [3.8, 4) is 11.4 Å². The highest BCUT2D eigenvalue weighted by Crippen LogP contribution is 2.17.